The molecule has 3 rings (SSSR count). The van der Waals surface area contributed by atoms with Crippen LogP contribution in [0.3, 0.4) is 0 Å². The van der Waals surface area contributed by atoms with E-state index in [2.05, 4.69) is 0 Å². The van der Waals surface area contributed by atoms with E-state index in [1.807, 2.05) is 31.2 Å². The molecule has 1 aliphatic heterocycles. The van der Waals surface area contributed by atoms with Gasteiger partial charge < -0.3 is 9.64 Å². The Bertz CT molecular complexity index is 1050. The summed E-state index contributed by atoms with van der Waals surface area (Å²) >= 11 is 0. The standard InChI is InChI=1S/C23H28N2O5S/c1-4-24(5-2)31(28,29)21-12-10-20(11-13-21)25-15-19(14-22(25)26)23(27)30-16-18-9-7-6-8-17(18)3/h6-13,19H,4-5,14-16H2,1-3H3. The Morgan fingerprint density at radius 2 is 1.74 bits per heavy atom. The summed E-state index contributed by atoms with van der Waals surface area (Å²) in [6.07, 6.45) is 0.0755. The van der Waals surface area contributed by atoms with Crippen molar-refractivity contribution in [2.45, 2.75) is 38.7 Å². The fraction of sp³-hybridized carbons (Fsp3) is 0.391. The van der Waals surface area contributed by atoms with Crippen molar-refractivity contribution in [3.8, 4) is 0 Å². The van der Waals surface area contributed by atoms with Crippen LogP contribution in [0.4, 0.5) is 5.69 Å². The number of amides is 1. The molecule has 1 unspecified atom stereocenters. The molecule has 166 valence electrons. The predicted octanol–water partition coefficient (Wildman–Crippen LogP) is 3.12. The van der Waals surface area contributed by atoms with Crippen molar-refractivity contribution in [1.82, 2.24) is 4.31 Å². The first-order chi connectivity index (χ1) is 14.8. The van der Waals surface area contributed by atoms with E-state index in [1.54, 1.807) is 26.0 Å². The van der Waals surface area contributed by atoms with Gasteiger partial charge in [0.1, 0.15) is 6.61 Å². The highest BCUT2D eigenvalue weighted by molar-refractivity contribution is 7.89. The number of ether oxygens (including phenoxy) is 1. The number of aryl methyl sites for hydroxylation is 1. The lowest BCUT2D eigenvalue weighted by Crippen LogP contribution is -2.30. The van der Waals surface area contributed by atoms with Crippen molar-refractivity contribution < 1.29 is 22.7 Å². The average Bonchev–Trinajstić information content (AvgIpc) is 3.15. The molecular formula is C23H28N2O5S. The number of benzene rings is 2. The fourth-order valence-electron chi connectivity index (χ4n) is 3.66. The Hall–Kier alpha value is -2.71. The minimum atomic E-state index is -3.56. The van der Waals surface area contributed by atoms with Gasteiger partial charge in [-0.3, -0.25) is 9.59 Å². The van der Waals surface area contributed by atoms with Crippen LogP contribution >= 0.6 is 0 Å². The third kappa shape index (κ3) is 4.97. The SMILES string of the molecule is CCN(CC)S(=O)(=O)c1ccc(N2CC(C(=O)OCc3ccccc3C)CC2=O)cc1. The monoisotopic (exact) mass is 444 g/mol. The Morgan fingerprint density at radius 1 is 1.10 bits per heavy atom. The lowest BCUT2D eigenvalue weighted by Gasteiger charge is -2.20. The first-order valence-corrected chi connectivity index (χ1v) is 11.8. The Balaban J connectivity index is 1.66. The molecule has 0 aliphatic carbocycles. The van der Waals surface area contributed by atoms with Gasteiger partial charge in [0, 0.05) is 31.7 Å². The number of carbonyl (C=O) groups excluding carboxylic acids is 2. The lowest BCUT2D eigenvalue weighted by atomic mass is 10.1. The molecule has 0 aromatic heterocycles. The number of hydrogen-bond donors (Lipinski definition) is 0. The third-order valence-electron chi connectivity index (χ3n) is 5.58. The van der Waals surface area contributed by atoms with Gasteiger partial charge in [-0.25, -0.2) is 8.42 Å². The Morgan fingerprint density at radius 3 is 2.35 bits per heavy atom. The highest BCUT2D eigenvalue weighted by Gasteiger charge is 2.36. The van der Waals surface area contributed by atoms with Gasteiger partial charge in [-0.1, -0.05) is 38.1 Å². The maximum atomic E-state index is 12.6. The molecule has 0 N–H and O–H groups in total. The average molecular weight is 445 g/mol. The number of hydrogen-bond acceptors (Lipinski definition) is 5. The van der Waals surface area contributed by atoms with E-state index >= 15 is 0 Å². The van der Waals surface area contributed by atoms with Crippen molar-refractivity contribution in [3.05, 3.63) is 59.7 Å². The summed E-state index contributed by atoms with van der Waals surface area (Å²) in [7, 11) is -3.56. The molecular weight excluding hydrogens is 416 g/mol. The fourth-order valence-corrected chi connectivity index (χ4v) is 5.12. The van der Waals surface area contributed by atoms with Crippen molar-refractivity contribution in [3.63, 3.8) is 0 Å². The molecule has 1 fully saturated rings. The normalized spacial score (nSPS) is 16.7. The first-order valence-electron chi connectivity index (χ1n) is 10.4. The Labute approximate surface area is 183 Å². The maximum absolute atomic E-state index is 12.6. The minimum Gasteiger partial charge on any atom is -0.461 e. The summed E-state index contributed by atoms with van der Waals surface area (Å²) in [5.41, 5.74) is 2.54. The Kier molecular flexibility index (Phi) is 7.12. The molecule has 8 heteroatoms. The van der Waals surface area contributed by atoms with Gasteiger partial charge in [0.2, 0.25) is 15.9 Å². The summed E-state index contributed by atoms with van der Waals surface area (Å²) < 4.78 is 32.1. The van der Waals surface area contributed by atoms with Gasteiger partial charge >= 0.3 is 5.97 Å². The van der Waals surface area contributed by atoms with Crippen LogP contribution in [0.2, 0.25) is 0 Å². The van der Waals surface area contributed by atoms with Crippen molar-refractivity contribution in [2.75, 3.05) is 24.5 Å². The van der Waals surface area contributed by atoms with Crippen LogP contribution in [0.15, 0.2) is 53.4 Å². The zero-order valence-electron chi connectivity index (χ0n) is 18.1. The van der Waals surface area contributed by atoms with Crippen LogP contribution < -0.4 is 4.90 Å². The van der Waals surface area contributed by atoms with Crippen molar-refractivity contribution >= 4 is 27.6 Å². The van der Waals surface area contributed by atoms with Crippen molar-refractivity contribution in [1.29, 1.82) is 0 Å². The lowest BCUT2D eigenvalue weighted by molar-refractivity contribution is -0.149. The predicted molar refractivity (Wildman–Crippen MR) is 118 cm³/mol. The van der Waals surface area contributed by atoms with Crippen LogP contribution in [0.5, 0.6) is 0 Å². The van der Waals surface area contributed by atoms with E-state index in [-0.39, 0.29) is 30.4 Å². The number of rotatable bonds is 8. The smallest absolute Gasteiger partial charge is 0.311 e. The molecule has 0 bridgehead atoms. The van der Waals surface area contributed by atoms with Gasteiger partial charge in [-0.05, 0) is 42.3 Å². The second-order valence-electron chi connectivity index (χ2n) is 7.52. The first kappa shape index (κ1) is 23.0. The maximum Gasteiger partial charge on any atom is 0.311 e. The van der Waals surface area contributed by atoms with E-state index in [1.165, 1.54) is 21.3 Å². The zero-order valence-corrected chi connectivity index (χ0v) is 18.9. The molecule has 31 heavy (non-hydrogen) atoms. The van der Waals surface area contributed by atoms with Gasteiger partial charge in [0.25, 0.3) is 0 Å². The molecule has 7 nitrogen and oxygen atoms in total. The number of nitrogens with zero attached hydrogens (tertiary/aromatic N) is 2. The summed E-state index contributed by atoms with van der Waals surface area (Å²) in [5, 5.41) is 0. The van der Waals surface area contributed by atoms with Crippen LogP contribution in [0.25, 0.3) is 0 Å². The van der Waals surface area contributed by atoms with E-state index in [0.29, 0.717) is 18.8 Å². The molecule has 0 radical (unpaired) electrons. The van der Waals surface area contributed by atoms with Gasteiger partial charge in [-0.2, -0.15) is 4.31 Å². The number of carbonyl (C=O) groups is 2. The quantitative estimate of drug-likeness (QED) is 0.584. The van der Waals surface area contributed by atoms with Gasteiger partial charge in [-0.15, -0.1) is 0 Å². The summed E-state index contributed by atoms with van der Waals surface area (Å²) in [6, 6.07) is 13.9. The topological polar surface area (TPSA) is 84.0 Å². The second kappa shape index (κ2) is 9.62. The van der Waals surface area contributed by atoms with E-state index in [9.17, 15) is 18.0 Å². The molecule has 1 amide bonds. The highest BCUT2D eigenvalue weighted by Crippen LogP contribution is 2.28. The van der Waals surface area contributed by atoms with Crippen molar-refractivity contribution in [2.24, 2.45) is 5.92 Å². The van der Waals surface area contributed by atoms with E-state index in [4.69, 9.17) is 4.74 Å². The number of sulfonamides is 1. The van der Waals surface area contributed by atoms with E-state index < -0.39 is 21.9 Å². The number of esters is 1. The van der Waals surface area contributed by atoms with Crippen LogP contribution in [-0.2, 0) is 31.0 Å². The minimum absolute atomic E-state index is 0.0755. The molecule has 0 saturated carbocycles. The summed E-state index contributed by atoms with van der Waals surface area (Å²) in [4.78, 5) is 26.7. The van der Waals surface area contributed by atoms with Gasteiger partial charge in [0.05, 0.1) is 10.8 Å². The molecule has 0 spiro atoms. The molecule has 2 aromatic carbocycles. The van der Waals surface area contributed by atoms with Crippen LogP contribution in [-0.4, -0.2) is 44.2 Å². The molecule has 1 atom stereocenters. The number of anilines is 1. The van der Waals surface area contributed by atoms with Gasteiger partial charge in [0.15, 0.2) is 0 Å². The molecule has 1 aliphatic rings. The second-order valence-corrected chi connectivity index (χ2v) is 9.46. The van der Waals surface area contributed by atoms with Crippen LogP contribution in [0.1, 0.15) is 31.4 Å². The molecule has 1 saturated heterocycles. The largest absolute Gasteiger partial charge is 0.461 e. The van der Waals surface area contributed by atoms with E-state index in [0.717, 1.165) is 11.1 Å². The highest BCUT2D eigenvalue weighted by atomic mass is 32.2. The van der Waals surface area contributed by atoms with Crippen LogP contribution in [0, 0.1) is 12.8 Å². The summed E-state index contributed by atoms with van der Waals surface area (Å²) in [5.74, 6) is -1.13. The molecule has 2 aromatic rings. The third-order valence-corrected chi connectivity index (χ3v) is 7.65. The summed E-state index contributed by atoms with van der Waals surface area (Å²) in [6.45, 7) is 6.69. The molecule has 1 heterocycles. The zero-order chi connectivity index (χ0) is 22.6.